The van der Waals surface area contributed by atoms with Gasteiger partial charge < -0.3 is 15.0 Å². The van der Waals surface area contributed by atoms with E-state index in [1.165, 1.54) is 11.3 Å². The number of hydrazone groups is 1. The maximum atomic E-state index is 12.8. The number of amides is 1. The number of thiazole rings is 1. The molecule has 1 aliphatic rings. The van der Waals surface area contributed by atoms with Crippen LogP contribution in [0.15, 0.2) is 53.8 Å². The standard InChI is InChI=1S/C23H22N8O2S/c1-15-5-4-6-16(13-15)14-25-30-23-28-19-18(20(29-23)31-9-11-33-12-10-31)34-22(27-19)21(32)26-17-7-2-3-8-24-17/h2-8,13-14H,9-12H2,1H3,(H,24,26,32)(H,28,29,30)/b25-14+. The average Bonchev–Trinajstić information content (AvgIpc) is 3.29. The average molecular weight is 475 g/mol. The van der Waals surface area contributed by atoms with Gasteiger partial charge in [0.25, 0.3) is 5.91 Å². The number of nitrogens with one attached hydrogen (secondary N) is 2. The van der Waals surface area contributed by atoms with Crippen LogP contribution in [-0.2, 0) is 4.74 Å². The van der Waals surface area contributed by atoms with Crippen LogP contribution in [0.2, 0.25) is 0 Å². The van der Waals surface area contributed by atoms with Crippen LogP contribution in [0.5, 0.6) is 0 Å². The lowest BCUT2D eigenvalue weighted by Crippen LogP contribution is -2.36. The highest BCUT2D eigenvalue weighted by Crippen LogP contribution is 2.31. The van der Waals surface area contributed by atoms with Gasteiger partial charge in [-0.15, -0.1) is 11.3 Å². The molecule has 0 saturated carbocycles. The molecular weight excluding hydrogens is 452 g/mol. The zero-order chi connectivity index (χ0) is 23.3. The molecule has 1 aliphatic heterocycles. The molecule has 10 nitrogen and oxygen atoms in total. The van der Waals surface area contributed by atoms with E-state index in [0.29, 0.717) is 49.5 Å². The minimum absolute atomic E-state index is 0.282. The topological polar surface area (TPSA) is 118 Å². The minimum atomic E-state index is -0.346. The van der Waals surface area contributed by atoms with Crippen LogP contribution < -0.4 is 15.6 Å². The Morgan fingerprint density at radius 3 is 2.82 bits per heavy atom. The molecule has 5 rings (SSSR count). The molecular formula is C23H22N8O2S. The lowest BCUT2D eigenvalue weighted by molar-refractivity contribution is 0.102. The zero-order valence-corrected chi connectivity index (χ0v) is 19.2. The maximum absolute atomic E-state index is 12.8. The van der Waals surface area contributed by atoms with Gasteiger partial charge in [-0.3, -0.25) is 4.79 Å². The number of morpholine rings is 1. The normalized spacial score (nSPS) is 14.0. The summed E-state index contributed by atoms with van der Waals surface area (Å²) in [5.74, 6) is 1.12. The molecule has 0 aliphatic carbocycles. The number of benzene rings is 1. The Morgan fingerprint density at radius 2 is 2.03 bits per heavy atom. The van der Waals surface area contributed by atoms with Gasteiger partial charge in [-0.1, -0.05) is 35.9 Å². The summed E-state index contributed by atoms with van der Waals surface area (Å²) in [6, 6.07) is 13.3. The highest BCUT2D eigenvalue weighted by atomic mass is 32.1. The molecule has 0 radical (unpaired) electrons. The van der Waals surface area contributed by atoms with E-state index in [4.69, 9.17) is 9.72 Å². The molecule has 4 heterocycles. The number of nitrogens with zero attached hydrogens (tertiary/aromatic N) is 6. The van der Waals surface area contributed by atoms with Crippen molar-refractivity contribution in [3.05, 3.63) is 64.8 Å². The number of anilines is 3. The smallest absolute Gasteiger partial charge is 0.285 e. The highest BCUT2D eigenvalue weighted by Gasteiger charge is 2.22. The molecule has 1 saturated heterocycles. The summed E-state index contributed by atoms with van der Waals surface area (Å²) in [4.78, 5) is 32.7. The molecule has 0 spiro atoms. The summed E-state index contributed by atoms with van der Waals surface area (Å²) in [6.07, 6.45) is 3.33. The van der Waals surface area contributed by atoms with Crippen LogP contribution in [0.25, 0.3) is 10.3 Å². The third-order valence-corrected chi connectivity index (χ3v) is 6.11. The third-order valence-electron chi connectivity index (χ3n) is 5.07. The summed E-state index contributed by atoms with van der Waals surface area (Å²) >= 11 is 1.25. The number of ether oxygens (including phenoxy) is 1. The van der Waals surface area contributed by atoms with E-state index in [0.717, 1.165) is 15.8 Å². The van der Waals surface area contributed by atoms with Crippen LogP contribution >= 0.6 is 11.3 Å². The first-order valence-corrected chi connectivity index (χ1v) is 11.6. The second kappa shape index (κ2) is 9.89. The Balaban J connectivity index is 1.45. The predicted molar refractivity (Wildman–Crippen MR) is 133 cm³/mol. The molecule has 34 heavy (non-hydrogen) atoms. The molecule has 0 atom stereocenters. The summed E-state index contributed by atoms with van der Waals surface area (Å²) in [6.45, 7) is 4.61. The van der Waals surface area contributed by atoms with Crippen molar-refractivity contribution in [1.29, 1.82) is 0 Å². The van der Waals surface area contributed by atoms with Gasteiger partial charge in [-0.2, -0.15) is 15.1 Å². The molecule has 11 heteroatoms. The van der Waals surface area contributed by atoms with Gasteiger partial charge in [0, 0.05) is 19.3 Å². The van der Waals surface area contributed by atoms with E-state index in [9.17, 15) is 4.79 Å². The number of pyridine rings is 1. The van der Waals surface area contributed by atoms with Gasteiger partial charge in [0.15, 0.2) is 16.5 Å². The first kappa shape index (κ1) is 21.9. The van der Waals surface area contributed by atoms with E-state index in [1.54, 1.807) is 30.6 Å². The lowest BCUT2D eigenvalue weighted by Gasteiger charge is -2.28. The largest absolute Gasteiger partial charge is 0.378 e. The predicted octanol–water partition coefficient (Wildman–Crippen LogP) is 3.32. The molecule has 2 N–H and O–H groups in total. The lowest BCUT2D eigenvalue weighted by atomic mass is 10.2. The zero-order valence-electron chi connectivity index (χ0n) is 18.4. The van der Waals surface area contributed by atoms with Gasteiger partial charge >= 0.3 is 0 Å². The van der Waals surface area contributed by atoms with Crippen LogP contribution in [0.4, 0.5) is 17.6 Å². The molecule has 0 unspecified atom stereocenters. The summed E-state index contributed by atoms with van der Waals surface area (Å²) in [5.41, 5.74) is 5.45. The third kappa shape index (κ3) is 5.00. The Bertz CT molecular complexity index is 1340. The summed E-state index contributed by atoms with van der Waals surface area (Å²) in [7, 11) is 0. The van der Waals surface area contributed by atoms with Crippen molar-refractivity contribution < 1.29 is 9.53 Å². The fourth-order valence-corrected chi connectivity index (χ4v) is 4.39. The van der Waals surface area contributed by atoms with Crippen LogP contribution in [0.1, 0.15) is 20.9 Å². The number of hydrogen-bond donors (Lipinski definition) is 2. The maximum Gasteiger partial charge on any atom is 0.285 e. The van der Waals surface area contributed by atoms with Crippen molar-refractivity contribution in [3.8, 4) is 0 Å². The van der Waals surface area contributed by atoms with E-state index in [2.05, 4.69) is 35.7 Å². The second-order valence-electron chi connectivity index (χ2n) is 7.60. The molecule has 4 aromatic rings. The van der Waals surface area contributed by atoms with Gasteiger partial charge in [0.1, 0.15) is 10.5 Å². The van der Waals surface area contributed by atoms with Crippen molar-refractivity contribution in [2.45, 2.75) is 6.92 Å². The Hall–Kier alpha value is -3.96. The second-order valence-corrected chi connectivity index (χ2v) is 8.59. The Labute approximate surface area is 199 Å². The number of hydrogen-bond acceptors (Lipinski definition) is 10. The SMILES string of the molecule is Cc1cccc(/C=N/Nc2nc(N3CCOCC3)c3sc(C(=O)Nc4ccccn4)nc3n2)c1. The monoisotopic (exact) mass is 474 g/mol. The number of carbonyl (C=O) groups excluding carboxylic acids is 1. The molecule has 1 aromatic carbocycles. The first-order valence-electron chi connectivity index (χ1n) is 10.7. The van der Waals surface area contributed by atoms with Gasteiger partial charge in [-0.25, -0.2) is 15.4 Å². The summed E-state index contributed by atoms with van der Waals surface area (Å²) < 4.78 is 6.23. The molecule has 172 valence electrons. The van der Waals surface area contributed by atoms with Crippen LogP contribution in [0, 0.1) is 6.92 Å². The number of aryl methyl sites for hydroxylation is 1. The minimum Gasteiger partial charge on any atom is -0.378 e. The van der Waals surface area contributed by atoms with Crippen molar-refractivity contribution in [2.75, 3.05) is 41.9 Å². The van der Waals surface area contributed by atoms with E-state index >= 15 is 0 Å². The summed E-state index contributed by atoms with van der Waals surface area (Å²) in [5, 5.41) is 7.34. The van der Waals surface area contributed by atoms with E-state index < -0.39 is 0 Å². The van der Waals surface area contributed by atoms with Gasteiger partial charge in [-0.05, 0) is 24.6 Å². The van der Waals surface area contributed by atoms with Crippen LogP contribution in [0.3, 0.4) is 0 Å². The fourth-order valence-electron chi connectivity index (χ4n) is 3.47. The van der Waals surface area contributed by atoms with Crippen molar-refractivity contribution in [2.24, 2.45) is 5.10 Å². The molecule has 3 aromatic heterocycles. The van der Waals surface area contributed by atoms with Gasteiger partial charge in [0.2, 0.25) is 5.95 Å². The Kier molecular flexibility index (Phi) is 6.36. The highest BCUT2D eigenvalue weighted by molar-refractivity contribution is 7.20. The molecule has 1 fully saturated rings. The van der Waals surface area contributed by atoms with Crippen LogP contribution in [-0.4, -0.2) is 58.4 Å². The van der Waals surface area contributed by atoms with Crippen molar-refractivity contribution in [1.82, 2.24) is 19.9 Å². The van der Waals surface area contributed by atoms with Gasteiger partial charge in [0.05, 0.1) is 19.4 Å². The Morgan fingerprint density at radius 1 is 1.15 bits per heavy atom. The first-order chi connectivity index (χ1) is 16.7. The van der Waals surface area contributed by atoms with E-state index in [1.807, 2.05) is 31.2 Å². The quantitative estimate of drug-likeness (QED) is 0.323. The van der Waals surface area contributed by atoms with Crippen molar-refractivity contribution in [3.63, 3.8) is 0 Å². The molecule has 0 bridgehead atoms. The number of aromatic nitrogens is 4. The fraction of sp³-hybridized carbons (Fsp3) is 0.217. The van der Waals surface area contributed by atoms with E-state index in [-0.39, 0.29) is 10.9 Å². The number of fused-ring (bicyclic) bond motifs is 1. The number of rotatable bonds is 6. The molecule has 1 amide bonds. The van der Waals surface area contributed by atoms with Crippen molar-refractivity contribution >= 4 is 51.4 Å². The number of carbonyl (C=O) groups is 1.